The van der Waals surface area contributed by atoms with E-state index in [1.165, 1.54) is 7.11 Å². The summed E-state index contributed by atoms with van der Waals surface area (Å²) in [7, 11) is -5.37. The van der Waals surface area contributed by atoms with E-state index in [1.54, 1.807) is 18.2 Å². The van der Waals surface area contributed by atoms with Crippen molar-refractivity contribution >= 4 is 19.7 Å². The van der Waals surface area contributed by atoms with E-state index in [2.05, 4.69) is 0 Å². The number of sulfone groups is 2. The molecule has 0 aliphatic heterocycles. The molecule has 2 atom stereocenters. The molecular formula is C13H19NO5S2. The molecule has 2 unspecified atom stereocenters. The molecule has 0 heterocycles. The molecular weight excluding hydrogens is 314 g/mol. The topological polar surface area (TPSA) is 104 Å². The molecule has 1 aliphatic carbocycles. The zero-order valence-electron chi connectivity index (χ0n) is 11.9. The Kier molecular flexibility index (Phi) is 4.32. The van der Waals surface area contributed by atoms with Crippen LogP contribution in [-0.2, 0) is 26.1 Å². The first-order valence-electron chi connectivity index (χ1n) is 6.46. The molecule has 2 rings (SSSR count). The largest absolute Gasteiger partial charge is 0.497 e. The van der Waals surface area contributed by atoms with E-state index in [4.69, 9.17) is 10.5 Å². The number of hydrogen-bond donors (Lipinski definition) is 1. The molecule has 6 nitrogen and oxygen atoms in total. The number of benzene rings is 1. The molecule has 8 heteroatoms. The molecule has 0 radical (unpaired) electrons. The third-order valence-corrected chi connectivity index (χ3v) is 7.09. The molecule has 2 N–H and O–H groups in total. The van der Waals surface area contributed by atoms with Crippen molar-refractivity contribution in [3.8, 4) is 5.75 Å². The third-order valence-electron chi connectivity index (χ3n) is 3.73. The second-order valence-corrected chi connectivity index (χ2v) is 9.93. The number of methoxy groups -OCH3 is 1. The maximum absolute atomic E-state index is 12.3. The van der Waals surface area contributed by atoms with Gasteiger partial charge in [0.2, 0.25) is 0 Å². The van der Waals surface area contributed by atoms with E-state index in [0.29, 0.717) is 12.2 Å². The highest BCUT2D eigenvalue weighted by Crippen LogP contribution is 2.36. The van der Waals surface area contributed by atoms with Crippen molar-refractivity contribution in [2.75, 3.05) is 24.9 Å². The molecule has 0 spiro atoms. The lowest BCUT2D eigenvalue weighted by molar-refractivity contribution is 0.414. The van der Waals surface area contributed by atoms with Gasteiger partial charge in [0, 0.05) is 12.3 Å². The van der Waals surface area contributed by atoms with Crippen molar-refractivity contribution in [2.45, 2.75) is 17.7 Å². The van der Waals surface area contributed by atoms with Crippen molar-refractivity contribution in [1.82, 2.24) is 0 Å². The Morgan fingerprint density at radius 1 is 1.24 bits per heavy atom. The number of fused-ring (bicyclic) bond motifs is 1. The molecule has 1 aromatic rings. The zero-order valence-corrected chi connectivity index (χ0v) is 13.6. The van der Waals surface area contributed by atoms with Gasteiger partial charge in [-0.2, -0.15) is 0 Å². The van der Waals surface area contributed by atoms with E-state index >= 15 is 0 Å². The van der Waals surface area contributed by atoms with E-state index < -0.39 is 36.7 Å². The van der Waals surface area contributed by atoms with Crippen LogP contribution in [0.5, 0.6) is 5.75 Å². The van der Waals surface area contributed by atoms with Crippen LogP contribution in [-0.4, -0.2) is 47.0 Å². The predicted molar refractivity (Wildman–Crippen MR) is 80.9 cm³/mol. The van der Waals surface area contributed by atoms with Crippen molar-refractivity contribution in [3.63, 3.8) is 0 Å². The van der Waals surface area contributed by atoms with Crippen molar-refractivity contribution in [2.24, 2.45) is 5.73 Å². The van der Waals surface area contributed by atoms with Crippen LogP contribution in [0.2, 0.25) is 0 Å². The van der Waals surface area contributed by atoms with E-state index in [-0.39, 0.29) is 5.75 Å². The summed E-state index contributed by atoms with van der Waals surface area (Å²) in [6.45, 7) is 0. The fourth-order valence-electron chi connectivity index (χ4n) is 2.51. The van der Waals surface area contributed by atoms with Gasteiger partial charge in [0.05, 0.1) is 23.9 Å². The molecule has 0 amide bonds. The van der Waals surface area contributed by atoms with Gasteiger partial charge in [0.15, 0.2) is 9.84 Å². The van der Waals surface area contributed by atoms with Gasteiger partial charge in [-0.15, -0.1) is 0 Å². The number of hydrogen-bond acceptors (Lipinski definition) is 6. The summed E-state index contributed by atoms with van der Waals surface area (Å²) < 4.78 is 52.1. The summed E-state index contributed by atoms with van der Waals surface area (Å²) in [4.78, 5) is 0. The second-order valence-electron chi connectivity index (χ2n) is 5.33. The molecule has 0 aromatic heterocycles. The third kappa shape index (κ3) is 3.56. The smallest absolute Gasteiger partial charge is 0.156 e. The summed E-state index contributed by atoms with van der Waals surface area (Å²) in [5, 5.41) is -0.777. The summed E-state index contributed by atoms with van der Waals surface area (Å²) >= 11 is 0. The first kappa shape index (κ1) is 16.3. The van der Waals surface area contributed by atoms with Gasteiger partial charge in [0.1, 0.15) is 15.6 Å². The highest BCUT2D eigenvalue weighted by Gasteiger charge is 2.39. The average Bonchev–Trinajstić information content (AvgIpc) is 2.73. The number of nitrogens with two attached hydrogens (primary N) is 1. The van der Waals surface area contributed by atoms with Crippen LogP contribution in [0.4, 0.5) is 0 Å². The Morgan fingerprint density at radius 3 is 2.48 bits per heavy atom. The summed E-state index contributed by atoms with van der Waals surface area (Å²) in [5.41, 5.74) is 7.68. The highest BCUT2D eigenvalue weighted by molar-refractivity contribution is 7.95. The molecule has 0 saturated heterocycles. The molecule has 0 fully saturated rings. The average molecular weight is 333 g/mol. The van der Waals surface area contributed by atoms with E-state index in [1.807, 2.05) is 0 Å². The zero-order chi connectivity index (χ0) is 15.8. The molecule has 118 valence electrons. The van der Waals surface area contributed by atoms with E-state index in [0.717, 1.165) is 17.4 Å². The lowest BCUT2D eigenvalue weighted by Crippen LogP contribution is -2.34. The fourth-order valence-corrected chi connectivity index (χ4v) is 5.98. The molecule has 0 saturated carbocycles. The number of ether oxygens (including phenoxy) is 1. The van der Waals surface area contributed by atoms with Crippen LogP contribution in [0.3, 0.4) is 0 Å². The van der Waals surface area contributed by atoms with Crippen LogP contribution in [0, 0.1) is 0 Å². The predicted octanol–water partition coefficient (Wildman–Crippen LogP) is 0.0791. The summed E-state index contributed by atoms with van der Waals surface area (Å²) in [6.07, 6.45) is 1.34. The van der Waals surface area contributed by atoms with Crippen LogP contribution >= 0.6 is 0 Å². The Bertz CT molecular complexity index is 740. The van der Waals surface area contributed by atoms with Gasteiger partial charge in [-0.3, -0.25) is 0 Å². The Morgan fingerprint density at radius 2 is 1.90 bits per heavy atom. The van der Waals surface area contributed by atoms with Crippen molar-refractivity contribution in [1.29, 1.82) is 0 Å². The maximum atomic E-state index is 12.3. The molecule has 1 aromatic carbocycles. The van der Waals surface area contributed by atoms with Crippen LogP contribution < -0.4 is 10.5 Å². The van der Waals surface area contributed by atoms with Crippen molar-refractivity contribution in [3.05, 3.63) is 29.3 Å². The minimum Gasteiger partial charge on any atom is -0.497 e. The van der Waals surface area contributed by atoms with E-state index in [9.17, 15) is 16.8 Å². The minimum atomic E-state index is -3.57. The fraction of sp³-hybridized carbons (Fsp3) is 0.538. The van der Waals surface area contributed by atoms with Gasteiger partial charge >= 0.3 is 0 Å². The van der Waals surface area contributed by atoms with Crippen LogP contribution in [0.25, 0.3) is 0 Å². The van der Waals surface area contributed by atoms with Gasteiger partial charge in [0.25, 0.3) is 0 Å². The Hall–Kier alpha value is -1.12. The molecule has 21 heavy (non-hydrogen) atoms. The second kappa shape index (κ2) is 5.58. The first-order chi connectivity index (χ1) is 9.64. The van der Waals surface area contributed by atoms with Crippen LogP contribution in [0.1, 0.15) is 17.2 Å². The quantitative estimate of drug-likeness (QED) is 0.818. The summed E-state index contributed by atoms with van der Waals surface area (Å²) in [6, 6.07) is 4.66. The van der Waals surface area contributed by atoms with Gasteiger partial charge < -0.3 is 10.5 Å². The lowest BCUT2D eigenvalue weighted by atomic mass is 10.1. The number of rotatable bonds is 5. The van der Waals surface area contributed by atoms with Gasteiger partial charge in [-0.25, -0.2) is 16.8 Å². The first-order valence-corrected chi connectivity index (χ1v) is 10.2. The molecule has 0 bridgehead atoms. The van der Waals surface area contributed by atoms with Crippen LogP contribution in [0.15, 0.2) is 18.2 Å². The highest BCUT2D eigenvalue weighted by atomic mass is 32.2. The standard InChI is InChI=1S/C13H19NO5S2/c1-19-10-4-3-9-7-12(13(14)11(9)8-10)21(17,18)6-5-20(2,15)16/h3-4,8,12-13H,5-7,14H2,1-2H3. The SMILES string of the molecule is COc1ccc2c(c1)C(N)C(S(=O)(=O)CCS(C)(=O)=O)C2. The minimum absolute atomic E-state index is 0.312. The van der Waals surface area contributed by atoms with Gasteiger partial charge in [-0.05, 0) is 29.7 Å². The summed E-state index contributed by atoms with van der Waals surface area (Å²) in [5.74, 6) is -0.147. The molecule has 1 aliphatic rings. The van der Waals surface area contributed by atoms with Crippen molar-refractivity contribution < 1.29 is 21.6 Å². The normalized spacial score (nSPS) is 22.0. The Labute approximate surface area is 125 Å². The monoisotopic (exact) mass is 333 g/mol. The Balaban J connectivity index is 2.24. The van der Waals surface area contributed by atoms with Gasteiger partial charge in [-0.1, -0.05) is 6.07 Å². The lowest BCUT2D eigenvalue weighted by Gasteiger charge is -2.16. The maximum Gasteiger partial charge on any atom is 0.156 e.